The molecule has 1 aliphatic rings. The number of likely N-dealkylation sites (N-methyl/N-ethyl adjacent to an activating group) is 1. The van der Waals surface area contributed by atoms with E-state index in [0.29, 0.717) is 19.7 Å². The van der Waals surface area contributed by atoms with Crippen molar-refractivity contribution in [3.8, 4) is 0 Å². The Bertz CT molecular complexity index is 377. The van der Waals surface area contributed by atoms with Crippen LogP contribution in [0.5, 0.6) is 0 Å². The van der Waals surface area contributed by atoms with E-state index < -0.39 is 0 Å². The lowest BCUT2D eigenvalue weighted by Crippen LogP contribution is -2.48. The van der Waals surface area contributed by atoms with Gasteiger partial charge < -0.3 is 15.0 Å². The second kappa shape index (κ2) is 6.47. The number of pyridine rings is 1. The summed E-state index contributed by atoms with van der Waals surface area (Å²) in [5.41, 5.74) is 1.19. The van der Waals surface area contributed by atoms with Crippen molar-refractivity contribution in [2.24, 2.45) is 0 Å². The van der Waals surface area contributed by atoms with Gasteiger partial charge in [0.25, 0.3) is 5.91 Å². The zero-order valence-electron chi connectivity index (χ0n) is 10.6. The van der Waals surface area contributed by atoms with Crippen molar-refractivity contribution < 1.29 is 9.53 Å². The third-order valence-corrected chi connectivity index (χ3v) is 3.06. The largest absolute Gasteiger partial charge is 0.366 e. The molecule has 1 N–H and O–H groups in total. The summed E-state index contributed by atoms with van der Waals surface area (Å²) in [5, 5.41) is 3.16. The number of aromatic nitrogens is 1. The average Bonchev–Trinajstić information content (AvgIpc) is 2.46. The number of morpholine rings is 1. The molecule has 1 saturated heterocycles. The molecule has 0 spiro atoms. The summed E-state index contributed by atoms with van der Waals surface area (Å²) < 4.78 is 5.45. The van der Waals surface area contributed by atoms with Gasteiger partial charge in [-0.3, -0.25) is 9.78 Å². The molecule has 1 aliphatic heterocycles. The van der Waals surface area contributed by atoms with Crippen LogP contribution in [0.3, 0.4) is 0 Å². The summed E-state index contributed by atoms with van der Waals surface area (Å²) in [5.74, 6) is 0.0521. The zero-order valence-corrected chi connectivity index (χ0v) is 10.6. The number of carbonyl (C=O) groups is 1. The second-order valence-electron chi connectivity index (χ2n) is 4.43. The minimum absolute atomic E-state index is 0.0521. The summed E-state index contributed by atoms with van der Waals surface area (Å²) in [6.07, 6.45) is 4.04. The minimum atomic E-state index is -0.332. The van der Waals surface area contributed by atoms with Gasteiger partial charge in [-0.2, -0.15) is 0 Å². The Morgan fingerprint density at radius 1 is 1.56 bits per heavy atom. The number of amides is 1. The van der Waals surface area contributed by atoms with E-state index >= 15 is 0 Å². The number of hydrogen-bond acceptors (Lipinski definition) is 4. The molecule has 5 nitrogen and oxygen atoms in total. The summed E-state index contributed by atoms with van der Waals surface area (Å²) in [6.45, 7) is 2.74. The van der Waals surface area contributed by atoms with E-state index in [0.717, 1.165) is 13.0 Å². The van der Waals surface area contributed by atoms with Gasteiger partial charge in [-0.25, -0.2) is 0 Å². The van der Waals surface area contributed by atoms with E-state index in [2.05, 4.69) is 10.3 Å². The first kappa shape index (κ1) is 13.0. The van der Waals surface area contributed by atoms with Crippen LogP contribution in [-0.2, 0) is 16.0 Å². The van der Waals surface area contributed by atoms with E-state index in [4.69, 9.17) is 4.74 Å². The number of carbonyl (C=O) groups excluding carboxylic acids is 1. The fourth-order valence-corrected chi connectivity index (χ4v) is 1.93. The molecule has 1 amide bonds. The van der Waals surface area contributed by atoms with Crippen LogP contribution in [0.15, 0.2) is 24.5 Å². The second-order valence-corrected chi connectivity index (χ2v) is 4.43. The standard InChI is InChI=1S/C13H19N3O2/c1-16(8-4-11-2-5-14-6-3-11)13(17)12-10-15-7-9-18-12/h2-3,5-6,12,15H,4,7-10H2,1H3. The monoisotopic (exact) mass is 249 g/mol. The highest BCUT2D eigenvalue weighted by Gasteiger charge is 2.24. The SMILES string of the molecule is CN(CCc1ccncc1)C(=O)C1CNCCO1. The normalized spacial score (nSPS) is 19.5. The molecule has 98 valence electrons. The van der Waals surface area contributed by atoms with Gasteiger partial charge in [-0.15, -0.1) is 0 Å². The molecule has 0 bridgehead atoms. The van der Waals surface area contributed by atoms with Gasteiger partial charge in [0.15, 0.2) is 0 Å². The fourth-order valence-electron chi connectivity index (χ4n) is 1.93. The maximum Gasteiger partial charge on any atom is 0.252 e. The Kier molecular flexibility index (Phi) is 4.66. The molecule has 2 heterocycles. The van der Waals surface area contributed by atoms with Crippen LogP contribution in [0.25, 0.3) is 0 Å². The van der Waals surface area contributed by atoms with Gasteiger partial charge in [0.2, 0.25) is 0 Å². The number of nitrogens with zero attached hydrogens (tertiary/aromatic N) is 2. The third-order valence-electron chi connectivity index (χ3n) is 3.06. The van der Waals surface area contributed by atoms with Crippen molar-refractivity contribution in [3.63, 3.8) is 0 Å². The van der Waals surface area contributed by atoms with Crippen LogP contribution in [0, 0.1) is 0 Å². The quantitative estimate of drug-likeness (QED) is 0.820. The molecule has 0 radical (unpaired) electrons. The Morgan fingerprint density at radius 2 is 2.33 bits per heavy atom. The minimum Gasteiger partial charge on any atom is -0.366 e. The Hall–Kier alpha value is -1.46. The maximum atomic E-state index is 12.1. The first-order valence-corrected chi connectivity index (χ1v) is 6.23. The van der Waals surface area contributed by atoms with Gasteiger partial charge in [-0.1, -0.05) is 0 Å². The lowest BCUT2D eigenvalue weighted by atomic mass is 10.2. The van der Waals surface area contributed by atoms with Gasteiger partial charge in [0, 0.05) is 39.1 Å². The van der Waals surface area contributed by atoms with Crippen LogP contribution in [-0.4, -0.2) is 55.2 Å². The van der Waals surface area contributed by atoms with Crippen LogP contribution in [0.4, 0.5) is 0 Å². The summed E-state index contributed by atoms with van der Waals surface area (Å²) in [6, 6.07) is 3.94. The van der Waals surface area contributed by atoms with Crippen LogP contribution in [0.1, 0.15) is 5.56 Å². The third kappa shape index (κ3) is 3.51. The lowest BCUT2D eigenvalue weighted by Gasteiger charge is -2.27. The molecule has 1 aromatic rings. The molecule has 1 aromatic heterocycles. The smallest absolute Gasteiger partial charge is 0.252 e. The van der Waals surface area contributed by atoms with Crippen molar-refractivity contribution in [1.82, 2.24) is 15.2 Å². The van der Waals surface area contributed by atoms with Gasteiger partial charge in [-0.05, 0) is 24.1 Å². The molecular formula is C13H19N3O2. The van der Waals surface area contributed by atoms with Crippen LogP contribution >= 0.6 is 0 Å². The Labute approximate surface area is 107 Å². The van der Waals surface area contributed by atoms with Gasteiger partial charge in [0.05, 0.1) is 6.61 Å². The highest BCUT2D eigenvalue weighted by atomic mass is 16.5. The van der Waals surface area contributed by atoms with E-state index in [1.807, 2.05) is 19.2 Å². The molecule has 1 fully saturated rings. The Morgan fingerprint density at radius 3 is 3.00 bits per heavy atom. The maximum absolute atomic E-state index is 12.1. The van der Waals surface area contributed by atoms with Crippen molar-refractivity contribution in [1.29, 1.82) is 0 Å². The summed E-state index contributed by atoms with van der Waals surface area (Å²) >= 11 is 0. The van der Waals surface area contributed by atoms with E-state index in [-0.39, 0.29) is 12.0 Å². The number of hydrogen-bond donors (Lipinski definition) is 1. The Balaban J connectivity index is 1.80. The van der Waals surface area contributed by atoms with E-state index in [9.17, 15) is 4.79 Å². The van der Waals surface area contributed by atoms with Gasteiger partial charge in [0.1, 0.15) is 6.10 Å². The summed E-state index contributed by atoms with van der Waals surface area (Å²) in [4.78, 5) is 17.8. The number of rotatable bonds is 4. The molecule has 2 rings (SSSR count). The molecule has 0 aromatic carbocycles. The molecule has 18 heavy (non-hydrogen) atoms. The predicted molar refractivity (Wildman–Crippen MR) is 68.2 cm³/mol. The topological polar surface area (TPSA) is 54.5 Å². The van der Waals surface area contributed by atoms with E-state index in [1.165, 1.54) is 5.56 Å². The molecule has 0 saturated carbocycles. The molecule has 5 heteroatoms. The van der Waals surface area contributed by atoms with Crippen LogP contribution < -0.4 is 5.32 Å². The molecule has 1 atom stereocenters. The first-order chi connectivity index (χ1) is 8.77. The molecule has 1 unspecified atom stereocenters. The van der Waals surface area contributed by atoms with Gasteiger partial charge >= 0.3 is 0 Å². The van der Waals surface area contributed by atoms with Crippen molar-refractivity contribution in [2.75, 3.05) is 33.3 Å². The van der Waals surface area contributed by atoms with Crippen LogP contribution in [0.2, 0.25) is 0 Å². The fraction of sp³-hybridized carbons (Fsp3) is 0.538. The first-order valence-electron chi connectivity index (χ1n) is 6.23. The van der Waals surface area contributed by atoms with E-state index in [1.54, 1.807) is 17.3 Å². The highest BCUT2D eigenvalue weighted by molar-refractivity contribution is 5.81. The predicted octanol–water partition coefficient (Wildman–Crippen LogP) is 0.0709. The highest BCUT2D eigenvalue weighted by Crippen LogP contribution is 2.03. The summed E-state index contributed by atoms with van der Waals surface area (Å²) in [7, 11) is 1.82. The van der Waals surface area contributed by atoms with Crippen molar-refractivity contribution >= 4 is 5.91 Å². The molecular weight excluding hydrogens is 230 g/mol. The zero-order chi connectivity index (χ0) is 12.8. The number of nitrogens with one attached hydrogen (secondary N) is 1. The lowest BCUT2D eigenvalue weighted by molar-refractivity contribution is -0.143. The number of ether oxygens (including phenoxy) is 1. The molecule has 0 aliphatic carbocycles. The average molecular weight is 249 g/mol. The van der Waals surface area contributed by atoms with Crippen molar-refractivity contribution in [2.45, 2.75) is 12.5 Å². The van der Waals surface area contributed by atoms with Crippen molar-refractivity contribution in [3.05, 3.63) is 30.1 Å².